The summed E-state index contributed by atoms with van der Waals surface area (Å²) < 4.78 is 11.8. The number of benzene rings is 2. The van der Waals surface area contributed by atoms with Crippen molar-refractivity contribution < 1.29 is 9.47 Å². The van der Waals surface area contributed by atoms with E-state index in [1.54, 1.807) is 14.2 Å². The van der Waals surface area contributed by atoms with Gasteiger partial charge in [0.1, 0.15) is 0 Å². The van der Waals surface area contributed by atoms with Gasteiger partial charge in [-0.3, -0.25) is 0 Å². The van der Waals surface area contributed by atoms with Crippen molar-refractivity contribution in [1.29, 1.82) is 0 Å². The molecule has 3 nitrogen and oxygen atoms in total. The van der Waals surface area contributed by atoms with Gasteiger partial charge in [-0.1, -0.05) is 40.2 Å². The Morgan fingerprint density at radius 3 is 2.57 bits per heavy atom. The lowest BCUT2D eigenvalue weighted by Gasteiger charge is -2.11. The van der Waals surface area contributed by atoms with Crippen LogP contribution in [0.2, 0.25) is 0 Å². The highest BCUT2D eigenvalue weighted by atomic mass is 79.9. The van der Waals surface area contributed by atoms with E-state index in [-0.39, 0.29) is 0 Å². The second kappa shape index (κ2) is 6.84. The van der Waals surface area contributed by atoms with Crippen LogP contribution in [-0.2, 0) is 0 Å². The molecular weight excluding hydrogens is 354 g/mol. The third-order valence-corrected chi connectivity index (χ3v) is 3.98. The van der Waals surface area contributed by atoms with E-state index in [0.717, 1.165) is 26.6 Å². The van der Waals surface area contributed by atoms with Crippen molar-refractivity contribution in [3.63, 3.8) is 0 Å². The molecule has 0 fully saturated rings. The molecule has 23 heavy (non-hydrogen) atoms. The number of para-hydroxylation sites is 1. The summed E-state index contributed by atoms with van der Waals surface area (Å²) in [6.45, 7) is 0. The summed E-state index contributed by atoms with van der Waals surface area (Å²) in [4.78, 5) is 4.64. The maximum absolute atomic E-state index is 5.46. The molecule has 0 bridgehead atoms. The predicted molar refractivity (Wildman–Crippen MR) is 97.9 cm³/mol. The van der Waals surface area contributed by atoms with Crippen LogP contribution in [0, 0.1) is 0 Å². The average molecular weight is 370 g/mol. The summed E-state index contributed by atoms with van der Waals surface area (Å²) in [5, 5.41) is 1.13. The lowest BCUT2D eigenvalue weighted by Crippen LogP contribution is -1.93. The predicted octanol–water partition coefficient (Wildman–Crippen LogP) is 5.18. The summed E-state index contributed by atoms with van der Waals surface area (Å²) >= 11 is 3.49. The standard InChI is InChI=1S/C19H16BrNO2/c1-22-18-12-15(20)11-14(19(18)23-2)8-10-16-9-7-13-5-3-4-6-17(13)21-16/h3-12H,1-2H3/b10-8+. The molecule has 3 aromatic rings. The van der Waals surface area contributed by atoms with Crippen molar-refractivity contribution in [2.24, 2.45) is 0 Å². The van der Waals surface area contributed by atoms with Gasteiger partial charge in [0.2, 0.25) is 0 Å². The maximum atomic E-state index is 5.46. The molecule has 1 heterocycles. The SMILES string of the molecule is COc1cc(Br)cc(/C=C/c2ccc3ccccc3n2)c1OC. The second-order valence-corrected chi connectivity index (χ2v) is 5.91. The first-order valence-electron chi connectivity index (χ1n) is 7.16. The van der Waals surface area contributed by atoms with E-state index in [1.807, 2.05) is 48.6 Å². The zero-order chi connectivity index (χ0) is 16.2. The Morgan fingerprint density at radius 1 is 0.957 bits per heavy atom. The van der Waals surface area contributed by atoms with Crippen molar-refractivity contribution in [2.75, 3.05) is 14.2 Å². The Labute approximate surface area is 143 Å². The van der Waals surface area contributed by atoms with Gasteiger partial charge in [-0.25, -0.2) is 4.98 Å². The smallest absolute Gasteiger partial charge is 0.167 e. The fraction of sp³-hybridized carbons (Fsp3) is 0.105. The molecule has 1 aromatic heterocycles. The van der Waals surface area contributed by atoms with Crippen molar-refractivity contribution in [1.82, 2.24) is 4.98 Å². The van der Waals surface area contributed by atoms with Crippen LogP contribution < -0.4 is 9.47 Å². The van der Waals surface area contributed by atoms with E-state index in [4.69, 9.17) is 9.47 Å². The molecule has 0 atom stereocenters. The van der Waals surface area contributed by atoms with Gasteiger partial charge in [0.05, 0.1) is 25.4 Å². The van der Waals surface area contributed by atoms with E-state index in [9.17, 15) is 0 Å². The first kappa shape index (κ1) is 15.6. The number of rotatable bonds is 4. The normalized spacial score (nSPS) is 11.1. The second-order valence-electron chi connectivity index (χ2n) is 4.99. The third kappa shape index (κ3) is 3.37. The van der Waals surface area contributed by atoms with E-state index >= 15 is 0 Å². The number of hydrogen-bond acceptors (Lipinski definition) is 3. The van der Waals surface area contributed by atoms with Crippen LogP contribution in [-0.4, -0.2) is 19.2 Å². The quantitative estimate of drug-likeness (QED) is 0.634. The molecule has 0 aliphatic heterocycles. The van der Waals surface area contributed by atoms with Crippen molar-refractivity contribution in [3.05, 3.63) is 64.3 Å². The van der Waals surface area contributed by atoms with Crippen molar-refractivity contribution in [2.45, 2.75) is 0 Å². The molecule has 0 N–H and O–H groups in total. The first-order chi connectivity index (χ1) is 11.2. The molecule has 0 aliphatic rings. The lowest BCUT2D eigenvalue weighted by atomic mass is 10.1. The van der Waals surface area contributed by atoms with Gasteiger partial charge >= 0.3 is 0 Å². The minimum absolute atomic E-state index is 0.688. The Bertz CT molecular complexity index is 874. The van der Waals surface area contributed by atoms with Crippen molar-refractivity contribution >= 4 is 39.0 Å². The topological polar surface area (TPSA) is 31.4 Å². The Morgan fingerprint density at radius 2 is 1.78 bits per heavy atom. The van der Waals surface area contributed by atoms with Crippen LogP contribution in [0.1, 0.15) is 11.3 Å². The van der Waals surface area contributed by atoms with Gasteiger partial charge in [0, 0.05) is 15.4 Å². The van der Waals surface area contributed by atoms with Crippen LogP contribution in [0.15, 0.2) is 53.0 Å². The summed E-state index contributed by atoms with van der Waals surface area (Å²) in [6.07, 6.45) is 3.94. The van der Waals surface area contributed by atoms with Crippen molar-refractivity contribution in [3.8, 4) is 11.5 Å². The molecule has 4 heteroatoms. The van der Waals surface area contributed by atoms with Gasteiger partial charge < -0.3 is 9.47 Å². The van der Waals surface area contributed by atoms with Gasteiger partial charge in [-0.15, -0.1) is 0 Å². The molecule has 0 amide bonds. The van der Waals surface area contributed by atoms with Crippen LogP contribution >= 0.6 is 15.9 Å². The van der Waals surface area contributed by atoms with Gasteiger partial charge in [0.25, 0.3) is 0 Å². The molecule has 0 saturated heterocycles. The largest absolute Gasteiger partial charge is 0.493 e. The van der Waals surface area contributed by atoms with Crippen LogP contribution in [0.25, 0.3) is 23.1 Å². The summed E-state index contributed by atoms with van der Waals surface area (Å²) in [6, 6.07) is 16.0. The number of aromatic nitrogens is 1. The van der Waals surface area contributed by atoms with Crippen LogP contribution in [0.4, 0.5) is 0 Å². The Hall–Kier alpha value is -2.33. The number of halogens is 1. The molecule has 0 spiro atoms. The highest BCUT2D eigenvalue weighted by Crippen LogP contribution is 2.35. The molecule has 0 aliphatic carbocycles. The lowest BCUT2D eigenvalue weighted by molar-refractivity contribution is 0.354. The van der Waals surface area contributed by atoms with E-state index in [1.165, 1.54) is 0 Å². The fourth-order valence-corrected chi connectivity index (χ4v) is 2.89. The van der Waals surface area contributed by atoms with Crippen LogP contribution in [0.5, 0.6) is 11.5 Å². The molecule has 0 saturated carbocycles. The summed E-state index contributed by atoms with van der Waals surface area (Å²) in [5.74, 6) is 1.39. The summed E-state index contributed by atoms with van der Waals surface area (Å²) in [5.41, 5.74) is 2.80. The highest BCUT2D eigenvalue weighted by molar-refractivity contribution is 9.10. The number of ether oxygens (including phenoxy) is 2. The number of fused-ring (bicyclic) bond motifs is 1. The monoisotopic (exact) mass is 369 g/mol. The maximum Gasteiger partial charge on any atom is 0.167 e. The highest BCUT2D eigenvalue weighted by Gasteiger charge is 2.09. The number of hydrogen-bond donors (Lipinski definition) is 0. The number of pyridine rings is 1. The third-order valence-electron chi connectivity index (χ3n) is 3.53. The van der Waals surface area contributed by atoms with E-state index in [0.29, 0.717) is 11.5 Å². The first-order valence-corrected chi connectivity index (χ1v) is 7.96. The minimum atomic E-state index is 0.688. The van der Waals surface area contributed by atoms with E-state index in [2.05, 4.69) is 33.0 Å². The molecule has 0 radical (unpaired) electrons. The average Bonchev–Trinajstić information content (AvgIpc) is 2.59. The fourth-order valence-electron chi connectivity index (χ4n) is 2.43. The molecule has 3 rings (SSSR count). The zero-order valence-electron chi connectivity index (χ0n) is 12.9. The molecule has 0 unspecified atom stereocenters. The minimum Gasteiger partial charge on any atom is -0.493 e. The molecule has 116 valence electrons. The Kier molecular flexibility index (Phi) is 4.63. The summed E-state index contributed by atoms with van der Waals surface area (Å²) in [7, 11) is 3.26. The van der Waals surface area contributed by atoms with Gasteiger partial charge in [-0.2, -0.15) is 0 Å². The van der Waals surface area contributed by atoms with E-state index < -0.39 is 0 Å². The number of methoxy groups -OCH3 is 2. The Balaban J connectivity index is 1.99. The van der Waals surface area contributed by atoms with Crippen LogP contribution in [0.3, 0.4) is 0 Å². The van der Waals surface area contributed by atoms with Gasteiger partial charge in [-0.05, 0) is 36.4 Å². The molecule has 2 aromatic carbocycles. The number of nitrogens with zero attached hydrogens (tertiary/aromatic N) is 1. The zero-order valence-corrected chi connectivity index (χ0v) is 14.5. The van der Waals surface area contributed by atoms with Gasteiger partial charge in [0.15, 0.2) is 11.5 Å². The molecular formula is C19H16BrNO2.